The fraction of sp³-hybridized carbons (Fsp3) is 0.417. The first-order chi connectivity index (χ1) is 14.5. The number of esters is 1. The fourth-order valence-electron chi connectivity index (χ4n) is 3.59. The van der Waals surface area contributed by atoms with E-state index in [2.05, 4.69) is 11.1 Å². The third-order valence-electron chi connectivity index (χ3n) is 5.09. The molecule has 0 bridgehead atoms. The molecule has 30 heavy (non-hydrogen) atoms. The van der Waals surface area contributed by atoms with Gasteiger partial charge in [0.1, 0.15) is 6.07 Å². The Morgan fingerprint density at radius 1 is 1.43 bits per heavy atom. The van der Waals surface area contributed by atoms with E-state index in [0.717, 1.165) is 40.1 Å². The summed E-state index contributed by atoms with van der Waals surface area (Å²) in [5, 5.41) is 9.66. The number of aromatic nitrogens is 1. The second kappa shape index (κ2) is 10.3. The van der Waals surface area contributed by atoms with E-state index in [1.165, 1.54) is 0 Å². The number of allylic oxidation sites excluding steroid dienone is 1. The van der Waals surface area contributed by atoms with Crippen molar-refractivity contribution < 1.29 is 14.3 Å². The Morgan fingerprint density at radius 2 is 2.27 bits per heavy atom. The highest BCUT2D eigenvalue weighted by molar-refractivity contribution is 7.12. The van der Waals surface area contributed by atoms with Gasteiger partial charge in [-0.25, -0.2) is 0 Å². The molecule has 2 heterocycles. The van der Waals surface area contributed by atoms with E-state index in [4.69, 9.17) is 4.74 Å². The summed E-state index contributed by atoms with van der Waals surface area (Å²) in [7, 11) is 0. The Hall–Kier alpha value is -2.78. The molecule has 1 unspecified atom stereocenters. The summed E-state index contributed by atoms with van der Waals surface area (Å²) >= 11 is 1.56. The molecule has 0 fully saturated rings. The number of fused-ring (bicyclic) bond motifs is 1. The molecule has 0 aromatic carbocycles. The van der Waals surface area contributed by atoms with Crippen molar-refractivity contribution in [3.05, 3.63) is 57.0 Å². The number of ketones is 1. The number of carbonyl (C=O) groups is 2. The van der Waals surface area contributed by atoms with Crippen LogP contribution in [0.1, 0.15) is 53.1 Å². The maximum atomic E-state index is 12.4. The summed E-state index contributed by atoms with van der Waals surface area (Å²) in [6.45, 7) is 4.42. The van der Waals surface area contributed by atoms with Gasteiger partial charge in [-0.1, -0.05) is 19.9 Å². The van der Waals surface area contributed by atoms with Crippen molar-refractivity contribution >= 4 is 29.2 Å². The maximum absolute atomic E-state index is 12.4. The zero-order chi connectivity index (χ0) is 21.5. The van der Waals surface area contributed by atoms with E-state index in [9.17, 15) is 14.9 Å². The number of hydrogen-bond donors (Lipinski definition) is 0. The lowest BCUT2D eigenvalue weighted by atomic mass is 9.87. The van der Waals surface area contributed by atoms with Gasteiger partial charge in [0, 0.05) is 35.0 Å². The van der Waals surface area contributed by atoms with Gasteiger partial charge in [0.15, 0.2) is 5.78 Å². The lowest BCUT2D eigenvalue weighted by Crippen LogP contribution is -2.21. The highest BCUT2D eigenvalue weighted by atomic mass is 32.1. The molecule has 5 nitrogen and oxygen atoms in total. The Balaban J connectivity index is 1.63. The number of pyridine rings is 1. The normalized spacial score (nSPS) is 15.7. The van der Waals surface area contributed by atoms with Crippen LogP contribution < -0.4 is 0 Å². The molecule has 0 amide bonds. The quantitative estimate of drug-likeness (QED) is 0.461. The molecule has 6 heteroatoms. The number of thiophene rings is 1. The largest absolute Gasteiger partial charge is 0.465 e. The lowest BCUT2D eigenvalue weighted by Gasteiger charge is -2.22. The smallest absolute Gasteiger partial charge is 0.306 e. The molecule has 0 radical (unpaired) electrons. The van der Waals surface area contributed by atoms with Crippen molar-refractivity contribution in [1.82, 2.24) is 4.98 Å². The van der Waals surface area contributed by atoms with E-state index in [0.29, 0.717) is 24.5 Å². The van der Waals surface area contributed by atoms with Crippen LogP contribution in [0.25, 0.3) is 6.08 Å². The van der Waals surface area contributed by atoms with Crippen molar-refractivity contribution in [3.63, 3.8) is 0 Å². The van der Waals surface area contributed by atoms with Crippen LogP contribution in [0.15, 0.2) is 30.6 Å². The molecule has 1 aliphatic rings. The molecule has 156 valence electrons. The molecule has 2 aromatic heterocycles. The molecular formula is C24H26N2O3S. The first kappa shape index (κ1) is 21.9. The molecule has 3 rings (SSSR count). The highest BCUT2D eigenvalue weighted by Crippen LogP contribution is 2.36. The third-order valence-corrected chi connectivity index (χ3v) is 6.34. The van der Waals surface area contributed by atoms with Gasteiger partial charge in [0.2, 0.25) is 0 Å². The molecule has 1 aliphatic carbocycles. The van der Waals surface area contributed by atoms with Gasteiger partial charge in [0.25, 0.3) is 0 Å². The topological polar surface area (TPSA) is 80.1 Å². The number of ether oxygens (including phenoxy) is 1. The third kappa shape index (κ3) is 5.87. The molecule has 1 atom stereocenters. The summed E-state index contributed by atoms with van der Waals surface area (Å²) in [6.07, 6.45) is 9.82. The van der Waals surface area contributed by atoms with E-state index < -0.39 is 0 Å². The van der Waals surface area contributed by atoms with Crippen molar-refractivity contribution in [1.29, 1.82) is 5.26 Å². The fourth-order valence-corrected chi connectivity index (χ4v) is 5.02. The van der Waals surface area contributed by atoms with Crippen LogP contribution in [0.4, 0.5) is 0 Å². The Kier molecular flexibility index (Phi) is 7.53. The van der Waals surface area contributed by atoms with E-state index in [1.807, 2.05) is 26.0 Å². The summed E-state index contributed by atoms with van der Waals surface area (Å²) in [4.78, 5) is 30.3. The molecule has 0 saturated carbocycles. The number of nitrogens with zero attached hydrogens (tertiary/aromatic N) is 2. The molecule has 0 saturated heterocycles. The highest BCUT2D eigenvalue weighted by Gasteiger charge is 2.27. The minimum absolute atomic E-state index is 0.0342. The van der Waals surface area contributed by atoms with Gasteiger partial charge in [-0.3, -0.25) is 14.6 Å². The van der Waals surface area contributed by atoms with Crippen molar-refractivity contribution in [2.24, 2.45) is 11.8 Å². The van der Waals surface area contributed by atoms with Crippen molar-refractivity contribution in [3.8, 4) is 6.07 Å². The monoisotopic (exact) mass is 422 g/mol. The van der Waals surface area contributed by atoms with Gasteiger partial charge < -0.3 is 4.74 Å². The predicted molar refractivity (Wildman–Crippen MR) is 117 cm³/mol. The van der Waals surface area contributed by atoms with E-state index in [-0.39, 0.29) is 24.1 Å². The standard InChI is InChI=1S/C24H26N2O3S/c1-16(2)10-24(28)29-15-18-6-8-20-21(13-25)23(30-22(20)11-18)12-19(27)7-5-17-4-3-9-26-14-17/h3-5,7,9,14,16,18H,6,8,10-12,15H2,1-2H3/b7-5+. The molecule has 0 aliphatic heterocycles. The maximum Gasteiger partial charge on any atom is 0.306 e. The first-order valence-corrected chi connectivity index (χ1v) is 11.1. The van der Waals surface area contributed by atoms with Crippen LogP contribution in [0, 0.1) is 23.2 Å². The number of carbonyl (C=O) groups excluding carboxylic acids is 2. The van der Waals surface area contributed by atoms with Gasteiger partial charge in [-0.2, -0.15) is 5.26 Å². The second-order valence-corrected chi connectivity index (χ2v) is 9.26. The summed E-state index contributed by atoms with van der Waals surface area (Å²) in [5.74, 6) is 0.380. The molecule has 0 N–H and O–H groups in total. The zero-order valence-electron chi connectivity index (χ0n) is 17.4. The van der Waals surface area contributed by atoms with E-state index >= 15 is 0 Å². The Morgan fingerprint density at radius 3 is 2.97 bits per heavy atom. The van der Waals surface area contributed by atoms with Gasteiger partial charge in [-0.15, -0.1) is 11.3 Å². The number of rotatable bonds is 8. The van der Waals surface area contributed by atoms with Gasteiger partial charge >= 0.3 is 5.97 Å². The summed E-state index contributed by atoms with van der Waals surface area (Å²) in [5.41, 5.74) is 2.60. The van der Waals surface area contributed by atoms with Crippen LogP contribution in [-0.2, 0) is 33.6 Å². The minimum Gasteiger partial charge on any atom is -0.465 e. The van der Waals surface area contributed by atoms with Gasteiger partial charge in [-0.05, 0) is 60.4 Å². The van der Waals surface area contributed by atoms with Crippen molar-refractivity contribution in [2.75, 3.05) is 6.61 Å². The zero-order valence-corrected chi connectivity index (χ0v) is 18.2. The molecule has 2 aromatic rings. The summed E-state index contributed by atoms with van der Waals surface area (Å²) in [6, 6.07) is 6.01. The van der Waals surface area contributed by atoms with Crippen molar-refractivity contribution in [2.45, 2.75) is 46.0 Å². The van der Waals surface area contributed by atoms with Crippen LogP contribution in [-0.4, -0.2) is 23.3 Å². The van der Waals surface area contributed by atoms with Gasteiger partial charge in [0.05, 0.1) is 12.2 Å². The SMILES string of the molecule is CC(C)CC(=O)OCC1CCc2c(sc(CC(=O)/C=C/c3cccnc3)c2C#N)C1. The summed E-state index contributed by atoms with van der Waals surface area (Å²) < 4.78 is 5.44. The lowest BCUT2D eigenvalue weighted by molar-refractivity contribution is -0.146. The van der Waals surface area contributed by atoms with Crippen LogP contribution in [0.2, 0.25) is 0 Å². The molecule has 0 spiro atoms. The van der Waals surface area contributed by atoms with E-state index in [1.54, 1.807) is 35.9 Å². The Labute approximate surface area is 181 Å². The predicted octanol–water partition coefficient (Wildman–Crippen LogP) is 4.53. The first-order valence-electron chi connectivity index (χ1n) is 10.3. The van der Waals surface area contributed by atoms with Crippen LogP contribution in [0.5, 0.6) is 0 Å². The molecular weight excluding hydrogens is 396 g/mol. The number of hydrogen-bond acceptors (Lipinski definition) is 6. The average Bonchev–Trinajstić information content (AvgIpc) is 3.07. The minimum atomic E-state index is -0.147. The van der Waals surface area contributed by atoms with Crippen LogP contribution >= 0.6 is 11.3 Å². The number of nitriles is 1. The second-order valence-electron chi connectivity index (χ2n) is 8.07. The van der Waals surface area contributed by atoms with Crippen LogP contribution in [0.3, 0.4) is 0 Å². The average molecular weight is 423 g/mol. The Bertz CT molecular complexity index is 970.